The number of fused-ring (bicyclic) bond motifs is 1. The number of amidine groups is 1. The van der Waals surface area contributed by atoms with E-state index in [1.54, 1.807) is 0 Å². The fourth-order valence-corrected chi connectivity index (χ4v) is 4.37. The quantitative estimate of drug-likeness (QED) is 0.471. The summed E-state index contributed by atoms with van der Waals surface area (Å²) in [6.45, 7) is 7.21. The van der Waals surface area contributed by atoms with Crippen LogP contribution in [0.15, 0.2) is 23.2 Å². The number of rotatable bonds is 6. The van der Waals surface area contributed by atoms with E-state index in [1.807, 2.05) is 19.1 Å². The van der Waals surface area contributed by atoms with Crippen molar-refractivity contribution in [3.63, 3.8) is 0 Å². The lowest BCUT2D eigenvalue weighted by atomic mass is 9.90. The third kappa shape index (κ3) is 6.93. The standard InChI is InChI=1S/C24H34N6O2.2ClH/c1-14(2)12-26-24(32)23-28-18-9-8-15(3)10-17(18)22(30-23)29-20-7-5-4-6-19(20)27-21-11-16(31)13-25-21;;/h8-10,14,16,19-20,31H,4-7,11-13H2,1-3H3,(H,25,27)(H,26,32)(H,28,29,30);2*1H/t16-,19-,20+;;/m1../s1. The van der Waals surface area contributed by atoms with E-state index < -0.39 is 0 Å². The Morgan fingerprint density at radius 1 is 1.12 bits per heavy atom. The number of aliphatic imine (C=N–C) groups is 1. The van der Waals surface area contributed by atoms with Crippen molar-refractivity contribution in [2.75, 3.05) is 18.4 Å². The van der Waals surface area contributed by atoms with Gasteiger partial charge < -0.3 is 21.1 Å². The molecule has 4 N–H and O–H groups in total. The Kier molecular flexibility index (Phi) is 10.3. The summed E-state index contributed by atoms with van der Waals surface area (Å²) in [4.78, 5) is 26.3. The van der Waals surface area contributed by atoms with Gasteiger partial charge in [0.15, 0.2) is 0 Å². The number of anilines is 1. The lowest BCUT2D eigenvalue weighted by molar-refractivity contribution is 0.0939. The average Bonchev–Trinajstić information content (AvgIpc) is 3.18. The van der Waals surface area contributed by atoms with Gasteiger partial charge in [-0.15, -0.1) is 24.8 Å². The van der Waals surface area contributed by atoms with E-state index >= 15 is 0 Å². The number of hydrogen-bond acceptors (Lipinski definition) is 7. The number of nitrogens with zero attached hydrogens (tertiary/aromatic N) is 3. The lowest BCUT2D eigenvalue weighted by Gasteiger charge is -2.34. The monoisotopic (exact) mass is 510 g/mol. The highest BCUT2D eigenvalue weighted by Crippen LogP contribution is 2.27. The minimum absolute atomic E-state index is 0. The van der Waals surface area contributed by atoms with Crippen molar-refractivity contribution in [3.05, 3.63) is 29.6 Å². The Labute approximate surface area is 213 Å². The zero-order valence-corrected chi connectivity index (χ0v) is 21.6. The topological polar surface area (TPSA) is 112 Å². The fraction of sp³-hybridized carbons (Fsp3) is 0.583. The van der Waals surface area contributed by atoms with Gasteiger partial charge in [0.1, 0.15) is 5.82 Å². The van der Waals surface area contributed by atoms with Crippen LogP contribution in [-0.2, 0) is 0 Å². The normalized spacial score (nSPS) is 21.9. The molecular formula is C24H36Cl2N6O2. The molecule has 8 nitrogen and oxygen atoms in total. The molecule has 2 aliphatic rings. The molecule has 1 aliphatic carbocycles. The lowest BCUT2D eigenvalue weighted by Crippen LogP contribution is -2.48. The smallest absolute Gasteiger partial charge is 0.289 e. The molecule has 34 heavy (non-hydrogen) atoms. The Morgan fingerprint density at radius 3 is 2.47 bits per heavy atom. The number of aliphatic hydroxyl groups excluding tert-OH is 1. The number of hydrogen-bond donors (Lipinski definition) is 4. The van der Waals surface area contributed by atoms with Gasteiger partial charge in [-0.05, 0) is 37.8 Å². The second kappa shape index (κ2) is 12.5. The molecule has 1 aromatic heterocycles. The summed E-state index contributed by atoms with van der Waals surface area (Å²) < 4.78 is 0. The van der Waals surface area contributed by atoms with E-state index in [2.05, 4.69) is 50.8 Å². The molecule has 0 saturated heterocycles. The van der Waals surface area contributed by atoms with Gasteiger partial charge in [0, 0.05) is 30.4 Å². The van der Waals surface area contributed by atoms with E-state index in [1.165, 1.54) is 0 Å². The van der Waals surface area contributed by atoms with Gasteiger partial charge in [-0.25, -0.2) is 9.97 Å². The molecule has 1 fully saturated rings. The predicted octanol–water partition coefficient (Wildman–Crippen LogP) is 3.64. The molecule has 0 radical (unpaired) electrons. The Bertz CT molecular complexity index is 1020. The number of amides is 1. The summed E-state index contributed by atoms with van der Waals surface area (Å²) in [6, 6.07) is 6.36. The van der Waals surface area contributed by atoms with Crippen LogP contribution in [0.3, 0.4) is 0 Å². The van der Waals surface area contributed by atoms with Crippen molar-refractivity contribution >= 4 is 53.3 Å². The van der Waals surface area contributed by atoms with Crippen LogP contribution in [0.4, 0.5) is 5.82 Å². The van der Waals surface area contributed by atoms with Crippen LogP contribution in [0.1, 0.15) is 62.1 Å². The highest BCUT2D eigenvalue weighted by atomic mass is 35.5. The van der Waals surface area contributed by atoms with Crippen LogP contribution in [-0.4, -0.2) is 58.1 Å². The van der Waals surface area contributed by atoms with Crippen LogP contribution >= 0.6 is 24.8 Å². The van der Waals surface area contributed by atoms with Crippen LogP contribution < -0.4 is 16.0 Å². The zero-order chi connectivity index (χ0) is 22.7. The van der Waals surface area contributed by atoms with E-state index in [4.69, 9.17) is 0 Å². The molecular weight excluding hydrogens is 475 g/mol. The first-order valence-electron chi connectivity index (χ1n) is 11.7. The van der Waals surface area contributed by atoms with Crippen molar-refractivity contribution in [2.24, 2.45) is 10.9 Å². The van der Waals surface area contributed by atoms with E-state index in [0.29, 0.717) is 31.2 Å². The summed E-state index contributed by atoms with van der Waals surface area (Å²) >= 11 is 0. The predicted molar refractivity (Wildman–Crippen MR) is 142 cm³/mol. The molecule has 1 amide bonds. The summed E-state index contributed by atoms with van der Waals surface area (Å²) in [7, 11) is 0. The number of carbonyl (C=O) groups excluding carboxylic acids is 1. The van der Waals surface area contributed by atoms with E-state index in [0.717, 1.165) is 48.0 Å². The largest absolute Gasteiger partial charge is 0.391 e. The molecule has 0 unspecified atom stereocenters. The van der Waals surface area contributed by atoms with Gasteiger partial charge in [-0.2, -0.15) is 0 Å². The van der Waals surface area contributed by atoms with Crippen LogP contribution in [0.5, 0.6) is 0 Å². The fourth-order valence-electron chi connectivity index (χ4n) is 4.37. The maximum absolute atomic E-state index is 12.7. The Morgan fingerprint density at radius 2 is 1.82 bits per heavy atom. The highest BCUT2D eigenvalue weighted by Gasteiger charge is 2.29. The first-order valence-corrected chi connectivity index (χ1v) is 11.7. The molecule has 3 atom stereocenters. The first kappa shape index (κ1) is 28.1. The van der Waals surface area contributed by atoms with E-state index in [-0.39, 0.29) is 54.7 Å². The molecule has 10 heteroatoms. The van der Waals surface area contributed by atoms with Gasteiger partial charge in [-0.3, -0.25) is 9.79 Å². The van der Waals surface area contributed by atoms with Crippen molar-refractivity contribution in [1.29, 1.82) is 0 Å². The molecule has 1 aliphatic heterocycles. The number of carbonyl (C=O) groups is 1. The number of nitrogens with one attached hydrogen (secondary N) is 3. The molecule has 2 aromatic rings. The first-order chi connectivity index (χ1) is 15.4. The summed E-state index contributed by atoms with van der Waals surface area (Å²) in [5.74, 6) is 1.87. The molecule has 0 bridgehead atoms. The van der Waals surface area contributed by atoms with Crippen molar-refractivity contribution < 1.29 is 9.90 Å². The molecule has 2 heterocycles. The van der Waals surface area contributed by atoms with Gasteiger partial charge in [-0.1, -0.05) is 38.3 Å². The van der Waals surface area contributed by atoms with Gasteiger partial charge >= 0.3 is 0 Å². The summed E-state index contributed by atoms with van der Waals surface area (Å²) in [5.41, 5.74) is 1.88. The highest BCUT2D eigenvalue weighted by molar-refractivity contribution is 5.96. The van der Waals surface area contributed by atoms with Crippen molar-refractivity contribution in [3.8, 4) is 0 Å². The zero-order valence-electron chi connectivity index (χ0n) is 20.0. The molecule has 188 valence electrons. The maximum Gasteiger partial charge on any atom is 0.289 e. The van der Waals surface area contributed by atoms with Crippen LogP contribution in [0.25, 0.3) is 10.9 Å². The molecule has 4 rings (SSSR count). The van der Waals surface area contributed by atoms with Gasteiger partial charge in [0.2, 0.25) is 5.82 Å². The van der Waals surface area contributed by atoms with Gasteiger partial charge in [0.05, 0.1) is 24.0 Å². The SMILES string of the molecule is Cc1ccc2nc(C(=O)NCC(C)C)nc(N[C@H]3CCCC[C@H]3NC3=NC[C@H](O)C3)c2c1.Cl.Cl. The minimum atomic E-state index is -0.381. The Hall–Kier alpha value is -2.16. The molecule has 0 spiro atoms. The van der Waals surface area contributed by atoms with Crippen molar-refractivity contribution in [2.45, 2.75) is 71.1 Å². The second-order valence-corrected chi connectivity index (χ2v) is 9.45. The molecule has 1 aromatic carbocycles. The van der Waals surface area contributed by atoms with Gasteiger partial charge in [0.25, 0.3) is 5.91 Å². The summed E-state index contributed by atoms with van der Waals surface area (Å²) in [5, 5.41) is 20.8. The van der Waals surface area contributed by atoms with E-state index in [9.17, 15) is 9.90 Å². The number of aliphatic hydroxyl groups is 1. The third-order valence-electron chi connectivity index (χ3n) is 6.09. The second-order valence-electron chi connectivity index (χ2n) is 9.45. The summed E-state index contributed by atoms with van der Waals surface area (Å²) in [6.07, 6.45) is 4.51. The number of aromatic nitrogens is 2. The minimum Gasteiger partial charge on any atom is -0.391 e. The molecule has 1 saturated carbocycles. The number of halogens is 2. The van der Waals surface area contributed by atoms with Crippen LogP contribution in [0, 0.1) is 12.8 Å². The third-order valence-corrected chi connectivity index (χ3v) is 6.09. The maximum atomic E-state index is 12.7. The Balaban J connectivity index is 0.00000204. The number of benzene rings is 1. The number of aryl methyl sites for hydroxylation is 1. The van der Waals surface area contributed by atoms with Crippen molar-refractivity contribution in [1.82, 2.24) is 20.6 Å². The van der Waals surface area contributed by atoms with Crippen LogP contribution in [0.2, 0.25) is 0 Å². The average molecular weight is 511 g/mol.